The molecule has 0 amide bonds. The summed E-state index contributed by atoms with van der Waals surface area (Å²) in [7, 11) is 0. The molecule has 4 atom stereocenters. The Bertz CT molecular complexity index is 358. The number of hydrogen-bond donors (Lipinski definition) is 2. The molecular formula is C18H32O2. The predicted octanol–water partition coefficient (Wildman–Crippen LogP) is 4.06. The predicted molar refractivity (Wildman–Crippen MR) is 83.5 cm³/mol. The van der Waals surface area contributed by atoms with Crippen molar-refractivity contribution >= 4 is 0 Å². The molecule has 3 aliphatic carbocycles. The van der Waals surface area contributed by atoms with Crippen LogP contribution in [0.1, 0.15) is 72.1 Å². The van der Waals surface area contributed by atoms with Crippen LogP contribution < -0.4 is 0 Å². The Kier molecular flexibility index (Phi) is 4.37. The number of allylic oxidation sites excluding steroid dienone is 1. The molecule has 2 nitrogen and oxygen atoms in total. The summed E-state index contributed by atoms with van der Waals surface area (Å²) < 4.78 is 0. The van der Waals surface area contributed by atoms with E-state index in [1.807, 2.05) is 13.0 Å². The Balaban J connectivity index is 1.84. The van der Waals surface area contributed by atoms with Crippen LogP contribution in [0.15, 0.2) is 12.7 Å². The van der Waals surface area contributed by atoms with Crippen molar-refractivity contribution in [3.63, 3.8) is 0 Å². The van der Waals surface area contributed by atoms with Crippen LogP contribution in [-0.4, -0.2) is 21.4 Å². The van der Waals surface area contributed by atoms with E-state index in [-0.39, 0.29) is 11.3 Å². The molecule has 2 N–H and O–H groups in total. The number of rotatable bonds is 7. The molecule has 2 heteroatoms. The fraction of sp³-hybridized carbons (Fsp3) is 0.889. The molecule has 0 aliphatic heterocycles. The van der Waals surface area contributed by atoms with Gasteiger partial charge in [0, 0.05) is 0 Å². The minimum Gasteiger partial charge on any atom is -0.387 e. The van der Waals surface area contributed by atoms with Crippen LogP contribution in [0.25, 0.3) is 0 Å². The van der Waals surface area contributed by atoms with Gasteiger partial charge < -0.3 is 10.2 Å². The number of aliphatic hydroxyl groups is 2. The molecular weight excluding hydrogens is 248 g/mol. The van der Waals surface area contributed by atoms with E-state index >= 15 is 0 Å². The molecule has 0 aromatic carbocycles. The molecule has 0 heterocycles. The smallest absolute Gasteiger partial charge is 0.0989 e. The zero-order valence-corrected chi connectivity index (χ0v) is 13.5. The van der Waals surface area contributed by atoms with E-state index in [0.717, 1.165) is 25.7 Å². The van der Waals surface area contributed by atoms with Gasteiger partial charge in [0.1, 0.15) is 0 Å². The molecule has 3 rings (SSSR count). The van der Waals surface area contributed by atoms with Crippen LogP contribution in [-0.2, 0) is 0 Å². The number of hydrogen-bond acceptors (Lipinski definition) is 2. The second-order valence-corrected chi connectivity index (χ2v) is 7.84. The summed E-state index contributed by atoms with van der Waals surface area (Å²) in [5.74, 6) is 0.845. The third-order valence-corrected chi connectivity index (χ3v) is 6.54. The van der Waals surface area contributed by atoms with Crippen LogP contribution in [0.4, 0.5) is 0 Å². The maximum absolute atomic E-state index is 10.9. The van der Waals surface area contributed by atoms with Gasteiger partial charge in [-0.1, -0.05) is 39.2 Å². The third-order valence-electron chi connectivity index (χ3n) is 6.54. The Labute approximate surface area is 124 Å². The zero-order valence-electron chi connectivity index (χ0n) is 13.5. The van der Waals surface area contributed by atoms with Gasteiger partial charge in [-0.25, -0.2) is 0 Å². The van der Waals surface area contributed by atoms with Gasteiger partial charge in [0.15, 0.2) is 0 Å². The van der Waals surface area contributed by atoms with Crippen LogP contribution in [0.5, 0.6) is 0 Å². The highest BCUT2D eigenvalue weighted by molar-refractivity contribution is 5.22. The van der Waals surface area contributed by atoms with E-state index in [2.05, 4.69) is 20.4 Å². The molecule has 116 valence electrons. The Morgan fingerprint density at radius 3 is 2.35 bits per heavy atom. The molecule has 3 saturated carbocycles. The number of unbranched alkanes of at least 4 members (excludes halogenated alkanes) is 4. The lowest BCUT2D eigenvalue weighted by atomic mass is 9.38. The average molecular weight is 280 g/mol. The molecule has 20 heavy (non-hydrogen) atoms. The zero-order chi connectivity index (χ0) is 15.0. The van der Waals surface area contributed by atoms with Gasteiger partial charge in [-0.2, -0.15) is 0 Å². The van der Waals surface area contributed by atoms with Crippen molar-refractivity contribution in [3.8, 4) is 0 Å². The minimum atomic E-state index is -0.924. The summed E-state index contributed by atoms with van der Waals surface area (Å²) in [5, 5.41) is 21.8. The van der Waals surface area contributed by atoms with Crippen LogP contribution in [0.3, 0.4) is 0 Å². The summed E-state index contributed by atoms with van der Waals surface area (Å²) in [5.41, 5.74) is -1.93. The SMILES string of the molecule is C=CCCCCCCC1CC2CC(O)(C2(C)C)C1(C)O. The summed E-state index contributed by atoms with van der Waals surface area (Å²) >= 11 is 0. The quantitative estimate of drug-likeness (QED) is 0.545. The summed E-state index contributed by atoms with van der Waals surface area (Å²) in [6, 6.07) is 0. The Morgan fingerprint density at radius 2 is 1.75 bits per heavy atom. The van der Waals surface area contributed by atoms with E-state index in [9.17, 15) is 10.2 Å². The standard InChI is InChI=1S/C18H32O2/c1-5-6-7-8-9-10-11-14-12-15-13-18(20,16(15,2)3)17(14,4)19/h5,14-15,19-20H,1,6-13H2,2-4H3. The summed E-state index contributed by atoms with van der Waals surface area (Å²) in [6.45, 7) is 9.84. The largest absolute Gasteiger partial charge is 0.387 e. The van der Waals surface area contributed by atoms with Crippen molar-refractivity contribution in [1.82, 2.24) is 0 Å². The van der Waals surface area contributed by atoms with Gasteiger partial charge in [-0.15, -0.1) is 6.58 Å². The van der Waals surface area contributed by atoms with Gasteiger partial charge >= 0.3 is 0 Å². The van der Waals surface area contributed by atoms with E-state index in [1.54, 1.807) is 0 Å². The molecule has 3 aliphatic rings. The second-order valence-electron chi connectivity index (χ2n) is 7.84. The van der Waals surface area contributed by atoms with Gasteiger partial charge in [0.25, 0.3) is 0 Å². The highest BCUT2D eigenvalue weighted by Gasteiger charge is 2.72. The normalized spacial score (nSPS) is 42.0. The minimum absolute atomic E-state index is 0.128. The van der Waals surface area contributed by atoms with Crippen molar-refractivity contribution in [2.45, 2.75) is 83.3 Å². The summed E-state index contributed by atoms with van der Waals surface area (Å²) in [4.78, 5) is 0. The molecule has 2 bridgehead atoms. The summed E-state index contributed by atoms with van der Waals surface area (Å²) in [6.07, 6.45) is 10.9. The lowest BCUT2D eigenvalue weighted by molar-refractivity contribution is -0.334. The van der Waals surface area contributed by atoms with E-state index < -0.39 is 11.2 Å². The maximum atomic E-state index is 10.9. The van der Waals surface area contributed by atoms with Crippen molar-refractivity contribution in [2.75, 3.05) is 0 Å². The topological polar surface area (TPSA) is 40.5 Å². The van der Waals surface area contributed by atoms with Crippen molar-refractivity contribution in [1.29, 1.82) is 0 Å². The Hall–Kier alpha value is -0.340. The lowest BCUT2D eigenvalue weighted by Crippen LogP contribution is -2.77. The van der Waals surface area contributed by atoms with Gasteiger partial charge in [0.05, 0.1) is 11.2 Å². The van der Waals surface area contributed by atoms with Crippen LogP contribution in [0.2, 0.25) is 0 Å². The van der Waals surface area contributed by atoms with Crippen LogP contribution in [0, 0.1) is 17.3 Å². The van der Waals surface area contributed by atoms with E-state index in [4.69, 9.17) is 0 Å². The lowest BCUT2D eigenvalue weighted by Gasteiger charge is -2.70. The molecule has 0 spiro atoms. The van der Waals surface area contributed by atoms with Gasteiger partial charge in [-0.3, -0.25) is 0 Å². The third kappa shape index (κ3) is 2.25. The second kappa shape index (κ2) is 5.46. The highest BCUT2D eigenvalue weighted by atomic mass is 16.4. The fourth-order valence-electron chi connectivity index (χ4n) is 4.66. The number of fused-ring (bicyclic) bond motifs is 2. The average Bonchev–Trinajstić information content (AvgIpc) is 2.38. The van der Waals surface area contributed by atoms with Gasteiger partial charge in [-0.05, 0) is 56.3 Å². The van der Waals surface area contributed by atoms with Crippen molar-refractivity contribution in [2.24, 2.45) is 17.3 Å². The maximum Gasteiger partial charge on any atom is 0.0989 e. The Morgan fingerprint density at radius 1 is 1.10 bits per heavy atom. The van der Waals surface area contributed by atoms with Crippen molar-refractivity contribution < 1.29 is 10.2 Å². The first-order valence-electron chi connectivity index (χ1n) is 8.33. The molecule has 4 unspecified atom stereocenters. The highest BCUT2D eigenvalue weighted by Crippen LogP contribution is 2.67. The monoisotopic (exact) mass is 280 g/mol. The van der Waals surface area contributed by atoms with Gasteiger partial charge in [0.2, 0.25) is 0 Å². The molecule has 3 fully saturated rings. The van der Waals surface area contributed by atoms with Crippen LogP contribution >= 0.6 is 0 Å². The molecule has 0 saturated heterocycles. The molecule has 0 aromatic rings. The van der Waals surface area contributed by atoms with E-state index in [1.165, 1.54) is 25.7 Å². The van der Waals surface area contributed by atoms with E-state index in [0.29, 0.717) is 5.92 Å². The molecule has 0 aromatic heterocycles. The first-order chi connectivity index (χ1) is 9.27. The molecule has 0 radical (unpaired) electrons. The van der Waals surface area contributed by atoms with Crippen molar-refractivity contribution in [3.05, 3.63) is 12.7 Å². The first-order valence-corrected chi connectivity index (χ1v) is 8.33. The fourth-order valence-corrected chi connectivity index (χ4v) is 4.66. The first kappa shape index (κ1) is 16.0.